The summed E-state index contributed by atoms with van der Waals surface area (Å²) in [5.74, 6) is 1.62. The summed E-state index contributed by atoms with van der Waals surface area (Å²) in [6, 6.07) is 18.2. The largest absolute Gasteiger partial charge is 0.493 e. The van der Waals surface area contributed by atoms with Crippen LogP contribution in [-0.4, -0.2) is 30.8 Å². The number of ether oxygens (including phenoxy) is 2. The highest BCUT2D eigenvalue weighted by Crippen LogP contribution is 2.37. The van der Waals surface area contributed by atoms with Gasteiger partial charge in [0.25, 0.3) is 0 Å². The van der Waals surface area contributed by atoms with Crippen molar-refractivity contribution < 1.29 is 14.3 Å². The van der Waals surface area contributed by atoms with Gasteiger partial charge in [-0.1, -0.05) is 25.1 Å². The van der Waals surface area contributed by atoms with Crippen molar-refractivity contribution in [3.8, 4) is 11.5 Å². The predicted molar refractivity (Wildman–Crippen MR) is 139 cm³/mol. The lowest BCUT2D eigenvalue weighted by Crippen LogP contribution is -2.29. The number of hydrogen-bond acceptors (Lipinski definition) is 4. The number of methoxy groups -OCH3 is 1. The zero-order valence-electron chi connectivity index (χ0n) is 20.6. The third-order valence-corrected chi connectivity index (χ3v) is 6.46. The number of carbonyl (C=O) groups excluding carboxylic acids is 1. The van der Waals surface area contributed by atoms with E-state index in [1.165, 1.54) is 18.4 Å². The highest BCUT2D eigenvalue weighted by atomic mass is 16.5. The van der Waals surface area contributed by atoms with Crippen LogP contribution in [0.5, 0.6) is 11.5 Å². The molecule has 1 aliphatic rings. The summed E-state index contributed by atoms with van der Waals surface area (Å²) in [7, 11) is 1.68. The molecule has 0 bridgehead atoms. The van der Waals surface area contributed by atoms with E-state index in [4.69, 9.17) is 9.47 Å². The van der Waals surface area contributed by atoms with Crippen molar-refractivity contribution in [1.29, 1.82) is 0 Å². The van der Waals surface area contributed by atoms with Gasteiger partial charge in [-0.3, -0.25) is 4.98 Å². The molecular formula is C29H35N3O3. The normalized spacial score (nSPS) is 14.3. The molecule has 4 rings (SSSR count). The fraction of sp³-hybridized carbons (Fsp3) is 0.379. The quantitative estimate of drug-likeness (QED) is 0.361. The molecule has 1 aliphatic carbocycles. The molecule has 1 heterocycles. The predicted octanol–water partition coefficient (Wildman–Crippen LogP) is 6.32. The zero-order valence-corrected chi connectivity index (χ0v) is 20.6. The molecule has 184 valence electrons. The molecule has 6 nitrogen and oxygen atoms in total. The van der Waals surface area contributed by atoms with Gasteiger partial charge in [0, 0.05) is 30.5 Å². The summed E-state index contributed by atoms with van der Waals surface area (Å²) in [5, 5.41) is 5.83. The Morgan fingerprint density at radius 1 is 1.03 bits per heavy atom. The van der Waals surface area contributed by atoms with E-state index < -0.39 is 0 Å². The van der Waals surface area contributed by atoms with Gasteiger partial charge in [0.05, 0.1) is 13.2 Å². The smallest absolute Gasteiger partial charge is 0.319 e. The molecule has 2 aromatic carbocycles. The number of pyridine rings is 1. The lowest BCUT2D eigenvalue weighted by Gasteiger charge is -2.22. The Morgan fingerprint density at radius 3 is 2.54 bits per heavy atom. The third kappa shape index (κ3) is 6.75. The van der Waals surface area contributed by atoms with E-state index in [-0.39, 0.29) is 18.1 Å². The van der Waals surface area contributed by atoms with Crippen LogP contribution in [0.2, 0.25) is 0 Å². The van der Waals surface area contributed by atoms with E-state index in [2.05, 4.69) is 39.9 Å². The Bertz CT molecular complexity index is 1100. The average molecular weight is 474 g/mol. The highest BCUT2D eigenvalue weighted by molar-refractivity contribution is 5.89. The first-order valence-electron chi connectivity index (χ1n) is 12.5. The standard InChI is InChI=1S/C29H35N3O3/c1-3-15-31-29(33)32-24-8-6-7-22(19-24)26(18-21-13-16-30-17-14-21)23-11-12-27(34-2)28(20-23)35-25-9-4-5-10-25/h6-8,11-14,16-17,19-20,25-26H,3-5,9-10,15,18H2,1-2H3,(H2,31,32,33)/t26-/m1/s1. The van der Waals surface area contributed by atoms with Crippen molar-refractivity contribution in [1.82, 2.24) is 10.3 Å². The molecule has 35 heavy (non-hydrogen) atoms. The number of benzene rings is 2. The summed E-state index contributed by atoms with van der Waals surface area (Å²) in [5.41, 5.74) is 4.22. The Morgan fingerprint density at radius 2 is 1.80 bits per heavy atom. The average Bonchev–Trinajstić information content (AvgIpc) is 3.40. The number of carbonyl (C=O) groups is 1. The van der Waals surface area contributed by atoms with Crippen LogP contribution in [0.1, 0.15) is 61.6 Å². The van der Waals surface area contributed by atoms with Crippen LogP contribution in [0.4, 0.5) is 10.5 Å². The molecule has 1 atom stereocenters. The number of nitrogens with one attached hydrogen (secondary N) is 2. The number of nitrogens with zero attached hydrogens (tertiary/aromatic N) is 1. The van der Waals surface area contributed by atoms with Crippen molar-refractivity contribution in [2.75, 3.05) is 19.0 Å². The minimum Gasteiger partial charge on any atom is -0.493 e. The number of anilines is 1. The number of rotatable bonds is 10. The first kappa shape index (κ1) is 24.6. The maximum atomic E-state index is 12.2. The van der Waals surface area contributed by atoms with Gasteiger partial charge >= 0.3 is 6.03 Å². The van der Waals surface area contributed by atoms with Gasteiger partial charge in [-0.05, 0) is 91.6 Å². The van der Waals surface area contributed by atoms with Crippen molar-refractivity contribution in [3.63, 3.8) is 0 Å². The maximum Gasteiger partial charge on any atom is 0.319 e. The van der Waals surface area contributed by atoms with E-state index in [9.17, 15) is 4.79 Å². The second-order valence-electron chi connectivity index (χ2n) is 9.05. The van der Waals surface area contributed by atoms with Crippen LogP contribution >= 0.6 is 0 Å². The van der Waals surface area contributed by atoms with E-state index in [1.807, 2.05) is 49.6 Å². The number of urea groups is 1. The number of amides is 2. The topological polar surface area (TPSA) is 72.5 Å². The second kappa shape index (κ2) is 12.2. The molecule has 3 aromatic rings. The summed E-state index contributed by atoms with van der Waals surface area (Å²) in [4.78, 5) is 16.4. The summed E-state index contributed by atoms with van der Waals surface area (Å²) < 4.78 is 12.0. The van der Waals surface area contributed by atoms with E-state index >= 15 is 0 Å². The fourth-order valence-corrected chi connectivity index (χ4v) is 4.62. The van der Waals surface area contributed by atoms with Crippen LogP contribution in [0.25, 0.3) is 0 Å². The summed E-state index contributed by atoms with van der Waals surface area (Å²) in [6.45, 7) is 2.68. The Kier molecular flexibility index (Phi) is 8.60. The Hall–Kier alpha value is -3.54. The third-order valence-electron chi connectivity index (χ3n) is 6.46. The molecule has 0 radical (unpaired) electrons. The zero-order chi connectivity index (χ0) is 24.5. The van der Waals surface area contributed by atoms with Gasteiger partial charge in [0.15, 0.2) is 11.5 Å². The molecule has 0 unspecified atom stereocenters. The lowest BCUT2D eigenvalue weighted by molar-refractivity contribution is 0.200. The van der Waals surface area contributed by atoms with Gasteiger partial charge in [-0.25, -0.2) is 4.79 Å². The minimum atomic E-state index is -0.189. The van der Waals surface area contributed by atoms with Crippen LogP contribution in [0.15, 0.2) is 67.0 Å². The van der Waals surface area contributed by atoms with Crippen molar-refractivity contribution in [3.05, 3.63) is 83.7 Å². The van der Waals surface area contributed by atoms with Gasteiger partial charge in [0.1, 0.15) is 0 Å². The molecule has 1 aromatic heterocycles. The minimum absolute atomic E-state index is 0.0645. The molecule has 2 N–H and O–H groups in total. The summed E-state index contributed by atoms with van der Waals surface area (Å²) in [6.07, 6.45) is 10.2. The van der Waals surface area contributed by atoms with Crippen LogP contribution in [-0.2, 0) is 6.42 Å². The van der Waals surface area contributed by atoms with E-state index in [1.54, 1.807) is 7.11 Å². The van der Waals surface area contributed by atoms with Gasteiger partial charge in [-0.2, -0.15) is 0 Å². The van der Waals surface area contributed by atoms with Crippen molar-refractivity contribution in [2.24, 2.45) is 0 Å². The molecule has 1 saturated carbocycles. The molecular weight excluding hydrogens is 438 g/mol. The number of aromatic nitrogens is 1. The first-order valence-corrected chi connectivity index (χ1v) is 12.5. The number of hydrogen-bond donors (Lipinski definition) is 2. The lowest BCUT2D eigenvalue weighted by atomic mass is 9.85. The van der Waals surface area contributed by atoms with Gasteiger partial charge in [-0.15, -0.1) is 0 Å². The van der Waals surface area contributed by atoms with Crippen molar-refractivity contribution in [2.45, 2.75) is 57.5 Å². The van der Waals surface area contributed by atoms with Crippen molar-refractivity contribution >= 4 is 11.7 Å². The van der Waals surface area contributed by atoms with Crippen LogP contribution < -0.4 is 20.1 Å². The SMILES string of the molecule is CCCNC(=O)Nc1cccc([C@@H](Cc2ccncc2)c2ccc(OC)c(OC3CCCC3)c2)c1. The second-order valence-corrected chi connectivity index (χ2v) is 9.05. The molecule has 2 amide bonds. The Labute approximate surface area is 208 Å². The van der Waals surface area contributed by atoms with Crippen LogP contribution in [0, 0.1) is 0 Å². The fourth-order valence-electron chi connectivity index (χ4n) is 4.62. The maximum absolute atomic E-state index is 12.2. The summed E-state index contributed by atoms with van der Waals surface area (Å²) >= 11 is 0. The molecule has 0 spiro atoms. The monoisotopic (exact) mass is 473 g/mol. The molecule has 0 saturated heterocycles. The van der Waals surface area contributed by atoms with E-state index in [0.717, 1.165) is 54.0 Å². The Balaban J connectivity index is 1.66. The van der Waals surface area contributed by atoms with Gasteiger partial charge in [0.2, 0.25) is 0 Å². The highest BCUT2D eigenvalue weighted by Gasteiger charge is 2.22. The van der Waals surface area contributed by atoms with Crippen LogP contribution in [0.3, 0.4) is 0 Å². The van der Waals surface area contributed by atoms with E-state index in [0.29, 0.717) is 6.54 Å². The molecule has 0 aliphatic heterocycles. The molecule has 6 heteroatoms. The molecule has 1 fully saturated rings. The first-order chi connectivity index (χ1) is 17.2. The van der Waals surface area contributed by atoms with Gasteiger partial charge < -0.3 is 20.1 Å².